The normalized spacial score (nSPS) is 11.1. The third kappa shape index (κ3) is 3.96. The Kier molecular flexibility index (Phi) is 4.70. The largest absolute Gasteiger partial charge is 0.390 e. The van der Waals surface area contributed by atoms with Crippen molar-refractivity contribution in [1.29, 1.82) is 5.26 Å². The molecule has 0 aliphatic rings. The van der Waals surface area contributed by atoms with E-state index >= 15 is 0 Å². The molecule has 2 nitrogen and oxygen atoms in total. The first-order valence-corrected chi connectivity index (χ1v) is 8.38. The number of nitrogens with zero attached hydrogens (tertiary/aromatic N) is 1. The van der Waals surface area contributed by atoms with E-state index in [0.717, 1.165) is 27.8 Å². The summed E-state index contributed by atoms with van der Waals surface area (Å²) in [6, 6.07) is 26.3. The standard InChI is InChI=1S/C23H21NO/c1-23(2,25)15-19-7-3-4-9-21(19)22-10-6-5-8-20(22)18-13-11-17(16-24)12-14-18/h3-14,25H,15H2,1-2H3. The van der Waals surface area contributed by atoms with Gasteiger partial charge >= 0.3 is 0 Å². The van der Waals surface area contributed by atoms with Crippen molar-refractivity contribution in [3.63, 3.8) is 0 Å². The summed E-state index contributed by atoms with van der Waals surface area (Å²) in [5.74, 6) is 0. The van der Waals surface area contributed by atoms with Gasteiger partial charge in [-0.2, -0.15) is 5.26 Å². The molecule has 3 aromatic rings. The second kappa shape index (κ2) is 6.93. The highest BCUT2D eigenvalue weighted by molar-refractivity contribution is 5.85. The maximum atomic E-state index is 10.3. The second-order valence-corrected chi connectivity index (χ2v) is 6.88. The zero-order valence-electron chi connectivity index (χ0n) is 14.5. The Bertz CT molecular complexity index is 912. The molecule has 0 unspecified atom stereocenters. The van der Waals surface area contributed by atoms with Crippen LogP contribution in [0.25, 0.3) is 22.3 Å². The van der Waals surface area contributed by atoms with Crippen LogP contribution in [0.2, 0.25) is 0 Å². The van der Waals surface area contributed by atoms with Crippen molar-refractivity contribution in [2.75, 3.05) is 0 Å². The van der Waals surface area contributed by atoms with Crippen LogP contribution in [0.1, 0.15) is 25.0 Å². The first-order chi connectivity index (χ1) is 12.0. The van der Waals surface area contributed by atoms with Crippen LogP contribution >= 0.6 is 0 Å². The van der Waals surface area contributed by atoms with E-state index in [4.69, 9.17) is 5.26 Å². The van der Waals surface area contributed by atoms with Gasteiger partial charge in [-0.3, -0.25) is 0 Å². The predicted octanol–water partition coefficient (Wildman–Crippen LogP) is 5.21. The summed E-state index contributed by atoms with van der Waals surface area (Å²) in [4.78, 5) is 0. The Balaban J connectivity index is 2.12. The average Bonchev–Trinajstić information content (AvgIpc) is 2.61. The van der Waals surface area contributed by atoms with Gasteiger partial charge in [0.15, 0.2) is 0 Å². The Hall–Kier alpha value is -2.89. The summed E-state index contributed by atoms with van der Waals surface area (Å²) in [6.45, 7) is 3.66. The van der Waals surface area contributed by atoms with Gasteiger partial charge in [-0.25, -0.2) is 0 Å². The van der Waals surface area contributed by atoms with Crippen LogP contribution < -0.4 is 0 Å². The van der Waals surface area contributed by atoms with Gasteiger partial charge in [0, 0.05) is 6.42 Å². The molecule has 0 radical (unpaired) electrons. The molecule has 0 saturated carbocycles. The highest BCUT2D eigenvalue weighted by Gasteiger charge is 2.17. The van der Waals surface area contributed by atoms with E-state index in [0.29, 0.717) is 12.0 Å². The van der Waals surface area contributed by atoms with Gasteiger partial charge in [0.2, 0.25) is 0 Å². The molecule has 0 fully saturated rings. The number of nitriles is 1. The van der Waals surface area contributed by atoms with Crippen molar-refractivity contribution in [3.05, 3.63) is 83.9 Å². The van der Waals surface area contributed by atoms with Crippen LogP contribution in [0, 0.1) is 11.3 Å². The van der Waals surface area contributed by atoms with Crippen molar-refractivity contribution >= 4 is 0 Å². The number of aliphatic hydroxyl groups is 1. The van der Waals surface area contributed by atoms with Crippen molar-refractivity contribution in [2.45, 2.75) is 25.9 Å². The van der Waals surface area contributed by atoms with E-state index in [1.54, 1.807) is 0 Å². The minimum Gasteiger partial charge on any atom is -0.390 e. The van der Waals surface area contributed by atoms with Crippen LogP contribution in [0.4, 0.5) is 0 Å². The van der Waals surface area contributed by atoms with E-state index in [-0.39, 0.29) is 0 Å². The van der Waals surface area contributed by atoms with E-state index in [1.807, 2.05) is 62.4 Å². The van der Waals surface area contributed by atoms with Gasteiger partial charge in [-0.15, -0.1) is 0 Å². The minimum absolute atomic E-state index is 0.588. The van der Waals surface area contributed by atoms with Gasteiger partial charge in [0.25, 0.3) is 0 Å². The highest BCUT2D eigenvalue weighted by atomic mass is 16.3. The molecule has 0 spiro atoms. The van der Waals surface area contributed by atoms with Crippen molar-refractivity contribution in [1.82, 2.24) is 0 Å². The Morgan fingerprint density at radius 3 is 1.96 bits per heavy atom. The lowest BCUT2D eigenvalue weighted by molar-refractivity contribution is 0.0811. The van der Waals surface area contributed by atoms with Gasteiger partial charge in [0.1, 0.15) is 0 Å². The lowest BCUT2D eigenvalue weighted by Gasteiger charge is -2.20. The molecule has 2 heteroatoms. The number of hydrogen-bond acceptors (Lipinski definition) is 2. The molecule has 25 heavy (non-hydrogen) atoms. The molecule has 0 amide bonds. The molecular formula is C23H21NO. The summed E-state index contributed by atoms with van der Waals surface area (Å²) in [7, 11) is 0. The zero-order chi connectivity index (χ0) is 17.9. The second-order valence-electron chi connectivity index (χ2n) is 6.88. The summed E-state index contributed by atoms with van der Waals surface area (Å²) in [5.41, 5.74) is 5.47. The van der Waals surface area contributed by atoms with Gasteiger partial charge < -0.3 is 5.11 Å². The maximum Gasteiger partial charge on any atom is 0.0991 e. The third-order valence-electron chi connectivity index (χ3n) is 4.18. The van der Waals surface area contributed by atoms with Gasteiger partial charge in [-0.05, 0) is 53.8 Å². The molecule has 3 aromatic carbocycles. The van der Waals surface area contributed by atoms with Gasteiger partial charge in [-0.1, -0.05) is 60.7 Å². The van der Waals surface area contributed by atoms with E-state index < -0.39 is 5.60 Å². The van der Waals surface area contributed by atoms with E-state index in [9.17, 15) is 5.11 Å². The van der Waals surface area contributed by atoms with Gasteiger partial charge in [0.05, 0.1) is 17.2 Å². The highest BCUT2D eigenvalue weighted by Crippen LogP contribution is 2.35. The summed E-state index contributed by atoms with van der Waals surface area (Å²) >= 11 is 0. The van der Waals surface area contributed by atoms with Crippen molar-refractivity contribution in [3.8, 4) is 28.3 Å². The summed E-state index contributed by atoms with van der Waals surface area (Å²) < 4.78 is 0. The fourth-order valence-electron chi connectivity index (χ4n) is 3.10. The molecule has 0 saturated heterocycles. The fourth-order valence-corrected chi connectivity index (χ4v) is 3.10. The maximum absolute atomic E-state index is 10.3. The Labute approximate surface area is 149 Å². The van der Waals surface area contributed by atoms with Crippen LogP contribution in [0.15, 0.2) is 72.8 Å². The topological polar surface area (TPSA) is 44.0 Å². The molecule has 124 valence electrons. The summed E-state index contributed by atoms with van der Waals surface area (Å²) in [5, 5.41) is 19.3. The van der Waals surface area contributed by atoms with Crippen LogP contribution in [0.3, 0.4) is 0 Å². The Morgan fingerprint density at radius 2 is 1.36 bits per heavy atom. The molecule has 0 heterocycles. The predicted molar refractivity (Wildman–Crippen MR) is 102 cm³/mol. The lowest BCUT2D eigenvalue weighted by atomic mass is 9.88. The first kappa shape index (κ1) is 17.0. The lowest BCUT2D eigenvalue weighted by Crippen LogP contribution is -2.22. The van der Waals surface area contributed by atoms with Crippen molar-refractivity contribution < 1.29 is 5.11 Å². The molecule has 0 aliphatic heterocycles. The first-order valence-electron chi connectivity index (χ1n) is 8.38. The van der Waals surface area contributed by atoms with E-state index in [1.165, 1.54) is 0 Å². The minimum atomic E-state index is -0.764. The smallest absolute Gasteiger partial charge is 0.0991 e. The molecule has 0 bridgehead atoms. The zero-order valence-corrected chi connectivity index (χ0v) is 14.5. The molecule has 0 aliphatic carbocycles. The quantitative estimate of drug-likeness (QED) is 0.715. The van der Waals surface area contributed by atoms with Crippen LogP contribution in [-0.4, -0.2) is 10.7 Å². The molecule has 0 aromatic heterocycles. The number of hydrogen-bond donors (Lipinski definition) is 1. The monoisotopic (exact) mass is 327 g/mol. The SMILES string of the molecule is CC(C)(O)Cc1ccccc1-c1ccccc1-c1ccc(C#N)cc1. The van der Waals surface area contributed by atoms with Crippen LogP contribution in [-0.2, 0) is 6.42 Å². The average molecular weight is 327 g/mol. The van der Waals surface area contributed by atoms with E-state index in [2.05, 4.69) is 30.3 Å². The Morgan fingerprint density at radius 1 is 0.800 bits per heavy atom. The van der Waals surface area contributed by atoms with Crippen LogP contribution in [0.5, 0.6) is 0 Å². The third-order valence-corrected chi connectivity index (χ3v) is 4.18. The van der Waals surface area contributed by atoms with Crippen molar-refractivity contribution in [2.24, 2.45) is 0 Å². The molecule has 3 rings (SSSR count). The molecular weight excluding hydrogens is 306 g/mol. The summed E-state index contributed by atoms with van der Waals surface area (Å²) in [6.07, 6.45) is 0.588. The number of rotatable bonds is 4. The number of benzene rings is 3. The molecule has 1 N–H and O–H groups in total. The molecule has 0 atom stereocenters. The fraction of sp³-hybridized carbons (Fsp3) is 0.174.